The van der Waals surface area contributed by atoms with Crippen molar-refractivity contribution in [3.63, 3.8) is 0 Å². The topological polar surface area (TPSA) is 158 Å². The third-order valence-corrected chi connectivity index (χ3v) is 9.38. The van der Waals surface area contributed by atoms with Crippen LogP contribution < -0.4 is 21.3 Å². The summed E-state index contributed by atoms with van der Waals surface area (Å²) < 4.78 is 10.8. The Morgan fingerprint density at radius 3 is 1.77 bits per heavy atom. The van der Waals surface area contributed by atoms with Gasteiger partial charge < -0.3 is 30.7 Å². The molecule has 0 aliphatic carbocycles. The summed E-state index contributed by atoms with van der Waals surface area (Å²) >= 11 is 0. The van der Waals surface area contributed by atoms with E-state index in [2.05, 4.69) is 21.3 Å². The van der Waals surface area contributed by atoms with E-state index in [-0.39, 0.29) is 36.5 Å². The molecule has 2 aromatic rings. The molecule has 2 saturated heterocycles. The van der Waals surface area contributed by atoms with Crippen molar-refractivity contribution in [3.05, 3.63) is 71.8 Å². The number of nitrogens with zero attached hydrogens (tertiary/aromatic N) is 1. The number of rotatable bonds is 20. The van der Waals surface area contributed by atoms with Crippen LogP contribution in [-0.2, 0) is 46.3 Å². The fourth-order valence-electron chi connectivity index (χ4n) is 6.33. The zero-order chi connectivity index (χ0) is 37.7. The number of carbonyl (C=O) groups excluding carboxylic acids is 5. The molecule has 2 fully saturated rings. The molecule has 52 heavy (non-hydrogen) atoms. The van der Waals surface area contributed by atoms with E-state index in [0.717, 1.165) is 11.1 Å². The lowest BCUT2D eigenvalue weighted by molar-refractivity contribution is -0.135. The van der Waals surface area contributed by atoms with Crippen LogP contribution in [0.1, 0.15) is 65.0 Å². The summed E-state index contributed by atoms with van der Waals surface area (Å²) in [6, 6.07) is 15.3. The van der Waals surface area contributed by atoms with Crippen LogP contribution in [0.3, 0.4) is 0 Å². The first kappa shape index (κ1) is 40.6. The number of ether oxygens (including phenoxy) is 2. The molecule has 2 aromatic carbocycles. The summed E-state index contributed by atoms with van der Waals surface area (Å²) in [6.07, 6.45) is 1.76. The Hall–Kier alpha value is -4.13. The van der Waals surface area contributed by atoms with E-state index < -0.39 is 47.5 Å². The quantitative estimate of drug-likeness (QED) is 0.152. The molecular formula is C40H57N5O7. The minimum absolute atomic E-state index is 0.0171. The number of amides is 4. The van der Waals surface area contributed by atoms with E-state index >= 15 is 0 Å². The van der Waals surface area contributed by atoms with E-state index in [9.17, 15) is 24.0 Å². The molecule has 0 radical (unpaired) electrons. The van der Waals surface area contributed by atoms with Gasteiger partial charge in [0.15, 0.2) is 5.78 Å². The molecule has 4 amide bonds. The number of nitrogens with one attached hydrogen (secondary N) is 4. The Labute approximate surface area is 308 Å². The Kier molecular flexibility index (Phi) is 15.3. The SMILES string of the molecule is CC(C)CC(NC(=O)[C@H](Cc1ccccc1)NC(=O)[C@H](CC(C)C)NC(=O)[C@H](CCc1ccccc1)NC(=O)CN1CCOCC1)C(=O)C1(C)CO1. The fourth-order valence-corrected chi connectivity index (χ4v) is 6.33. The van der Waals surface area contributed by atoms with Gasteiger partial charge in [-0.25, -0.2) is 0 Å². The van der Waals surface area contributed by atoms with Crippen LogP contribution in [0.5, 0.6) is 0 Å². The van der Waals surface area contributed by atoms with Crippen molar-refractivity contribution in [1.29, 1.82) is 0 Å². The molecule has 4 rings (SSSR count). The monoisotopic (exact) mass is 719 g/mol. The second kappa shape index (κ2) is 19.6. The van der Waals surface area contributed by atoms with E-state index in [0.29, 0.717) is 58.6 Å². The van der Waals surface area contributed by atoms with Gasteiger partial charge in [0.05, 0.1) is 32.4 Å². The summed E-state index contributed by atoms with van der Waals surface area (Å²) in [7, 11) is 0. The Balaban J connectivity index is 1.51. The highest BCUT2D eigenvalue weighted by molar-refractivity contribution is 5.98. The average molecular weight is 720 g/mol. The number of epoxide rings is 1. The van der Waals surface area contributed by atoms with E-state index in [1.807, 2.05) is 93.3 Å². The van der Waals surface area contributed by atoms with Crippen molar-refractivity contribution in [2.24, 2.45) is 11.8 Å². The largest absolute Gasteiger partial charge is 0.379 e. The zero-order valence-electron chi connectivity index (χ0n) is 31.3. The van der Waals surface area contributed by atoms with Crippen LogP contribution in [0.2, 0.25) is 0 Å². The van der Waals surface area contributed by atoms with Crippen molar-refractivity contribution < 1.29 is 33.4 Å². The standard InChI is InChI=1S/C40H57N5O7/c1-27(2)22-32(36(47)40(5)26-52-40)42-39(50)34(24-30-14-10-7-11-15-30)44-38(49)33(23-28(3)4)43-37(48)31(17-16-29-12-8-6-9-13-29)41-35(46)25-45-18-20-51-21-19-45/h6-15,27-28,31-34H,16-26H2,1-5H3,(H,41,46)(H,42,50)(H,43,48)(H,44,49)/t31-,32?,33-,34-,40?/m0/s1. The molecule has 2 aliphatic rings. The first-order valence-corrected chi connectivity index (χ1v) is 18.6. The second-order valence-electron chi connectivity index (χ2n) is 15.0. The van der Waals surface area contributed by atoms with Crippen LogP contribution in [0, 0.1) is 11.8 Å². The number of hydrogen-bond donors (Lipinski definition) is 4. The van der Waals surface area contributed by atoms with Gasteiger partial charge in [-0.3, -0.25) is 28.9 Å². The summed E-state index contributed by atoms with van der Waals surface area (Å²) in [4.78, 5) is 70.5. The van der Waals surface area contributed by atoms with Crippen LogP contribution in [0.15, 0.2) is 60.7 Å². The van der Waals surface area contributed by atoms with Crippen LogP contribution in [0.4, 0.5) is 0 Å². The molecule has 5 atom stereocenters. The number of carbonyl (C=O) groups is 5. The minimum atomic E-state index is -1.03. The van der Waals surface area contributed by atoms with Crippen molar-refractivity contribution in [2.45, 2.75) is 96.5 Å². The molecule has 0 aromatic heterocycles. The Morgan fingerprint density at radius 2 is 1.19 bits per heavy atom. The third-order valence-electron chi connectivity index (χ3n) is 9.38. The third kappa shape index (κ3) is 13.1. The van der Waals surface area contributed by atoms with Gasteiger partial charge in [-0.1, -0.05) is 88.4 Å². The van der Waals surface area contributed by atoms with Crippen molar-refractivity contribution in [3.8, 4) is 0 Å². The molecule has 2 aliphatic heterocycles. The summed E-state index contributed by atoms with van der Waals surface area (Å²) in [5, 5.41) is 11.7. The molecule has 0 saturated carbocycles. The predicted octanol–water partition coefficient (Wildman–Crippen LogP) is 2.58. The van der Waals surface area contributed by atoms with Gasteiger partial charge in [0.25, 0.3) is 0 Å². The number of Topliss-reactive ketones (excluding diaryl/α,β-unsaturated/α-hetero) is 1. The molecule has 284 valence electrons. The summed E-state index contributed by atoms with van der Waals surface area (Å²) in [5.41, 5.74) is 0.915. The highest BCUT2D eigenvalue weighted by Gasteiger charge is 2.50. The molecule has 0 bridgehead atoms. The molecular weight excluding hydrogens is 662 g/mol. The molecule has 4 N–H and O–H groups in total. The second-order valence-corrected chi connectivity index (χ2v) is 15.0. The molecule has 12 nitrogen and oxygen atoms in total. The van der Waals surface area contributed by atoms with Gasteiger partial charge in [0, 0.05) is 19.5 Å². The average Bonchev–Trinajstić information content (AvgIpc) is 3.87. The maximum Gasteiger partial charge on any atom is 0.243 e. The molecule has 12 heteroatoms. The highest BCUT2D eigenvalue weighted by Crippen LogP contribution is 2.29. The Morgan fingerprint density at radius 1 is 0.692 bits per heavy atom. The fraction of sp³-hybridized carbons (Fsp3) is 0.575. The first-order valence-electron chi connectivity index (χ1n) is 18.6. The number of aryl methyl sites for hydroxylation is 1. The first-order chi connectivity index (χ1) is 24.8. The lowest BCUT2D eigenvalue weighted by atomic mass is 9.93. The van der Waals surface area contributed by atoms with Crippen molar-refractivity contribution >= 4 is 29.4 Å². The summed E-state index contributed by atoms with van der Waals surface area (Å²) in [6.45, 7) is 12.3. The maximum absolute atomic E-state index is 14.1. The lowest BCUT2D eigenvalue weighted by Gasteiger charge is -2.29. The van der Waals surface area contributed by atoms with E-state index in [4.69, 9.17) is 9.47 Å². The van der Waals surface area contributed by atoms with Gasteiger partial charge in [0.2, 0.25) is 23.6 Å². The van der Waals surface area contributed by atoms with Gasteiger partial charge in [-0.15, -0.1) is 0 Å². The molecule has 0 spiro atoms. The normalized spacial score (nSPS) is 19.6. The Bertz CT molecular complexity index is 1480. The number of morpholine rings is 1. The molecule has 2 heterocycles. The maximum atomic E-state index is 14.1. The van der Waals surface area contributed by atoms with Gasteiger partial charge in [-0.2, -0.15) is 0 Å². The van der Waals surface area contributed by atoms with Crippen molar-refractivity contribution in [2.75, 3.05) is 39.5 Å². The van der Waals surface area contributed by atoms with Gasteiger partial charge in [0.1, 0.15) is 23.7 Å². The minimum Gasteiger partial charge on any atom is -0.379 e. The summed E-state index contributed by atoms with van der Waals surface area (Å²) in [5.74, 6) is -1.83. The smallest absolute Gasteiger partial charge is 0.243 e. The number of ketones is 1. The number of hydrogen-bond acceptors (Lipinski definition) is 8. The van der Waals surface area contributed by atoms with Crippen molar-refractivity contribution in [1.82, 2.24) is 26.2 Å². The van der Waals surface area contributed by atoms with E-state index in [1.165, 1.54) is 0 Å². The number of benzene rings is 2. The molecule has 2 unspecified atom stereocenters. The van der Waals surface area contributed by atoms with Gasteiger partial charge >= 0.3 is 0 Å². The van der Waals surface area contributed by atoms with Gasteiger partial charge in [-0.05, 0) is 55.6 Å². The van der Waals surface area contributed by atoms with E-state index in [1.54, 1.807) is 6.92 Å². The predicted molar refractivity (Wildman–Crippen MR) is 198 cm³/mol. The highest BCUT2D eigenvalue weighted by atomic mass is 16.6. The lowest BCUT2D eigenvalue weighted by Crippen LogP contribution is -2.59. The van der Waals surface area contributed by atoms with Crippen LogP contribution in [0.25, 0.3) is 0 Å². The van der Waals surface area contributed by atoms with Crippen LogP contribution >= 0.6 is 0 Å². The zero-order valence-corrected chi connectivity index (χ0v) is 31.3. The van der Waals surface area contributed by atoms with Crippen LogP contribution in [-0.4, -0.2) is 104 Å².